The van der Waals surface area contributed by atoms with E-state index in [1.54, 1.807) is 0 Å². The molecule has 5 heteroatoms. The van der Waals surface area contributed by atoms with Crippen molar-refractivity contribution >= 4 is 28.9 Å². The number of carbonyl (C=O) groups is 1. The zero-order valence-corrected chi connectivity index (χ0v) is 13.6. The molecular weight excluding hydrogens is 288 g/mol. The molecule has 4 nitrogen and oxygen atoms in total. The molecule has 1 amide bonds. The van der Waals surface area contributed by atoms with Gasteiger partial charge in [0.2, 0.25) is 5.91 Å². The van der Waals surface area contributed by atoms with Crippen molar-refractivity contribution in [1.29, 1.82) is 0 Å². The van der Waals surface area contributed by atoms with Gasteiger partial charge >= 0.3 is 0 Å². The van der Waals surface area contributed by atoms with Crippen LogP contribution in [0, 0.1) is 0 Å². The fourth-order valence-electron chi connectivity index (χ4n) is 2.63. The van der Waals surface area contributed by atoms with Crippen LogP contribution in [0.25, 0.3) is 0 Å². The number of amides is 1. The Morgan fingerprint density at radius 3 is 2.90 bits per heavy atom. The van der Waals surface area contributed by atoms with Crippen LogP contribution in [0.3, 0.4) is 0 Å². The maximum absolute atomic E-state index is 11.1. The molecule has 21 heavy (non-hydrogen) atoms. The molecular formula is C16H23ClN2O2. The SMILES string of the molecule is CCC1(C)CC(Nc2ccc(NC(C)=O)c(Cl)c2)CCO1. The quantitative estimate of drug-likeness (QED) is 0.881. The minimum atomic E-state index is -0.124. The number of halogens is 1. The Morgan fingerprint density at radius 1 is 1.52 bits per heavy atom. The number of rotatable bonds is 4. The zero-order valence-electron chi connectivity index (χ0n) is 12.8. The highest BCUT2D eigenvalue weighted by molar-refractivity contribution is 6.34. The highest BCUT2D eigenvalue weighted by Gasteiger charge is 2.31. The van der Waals surface area contributed by atoms with Crippen LogP contribution in [0.5, 0.6) is 0 Å². The average Bonchev–Trinajstić information content (AvgIpc) is 2.42. The molecule has 2 unspecified atom stereocenters. The highest BCUT2D eigenvalue weighted by atomic mass is 35.5. The lowest BCUT2D eigenvalue weighted by molar-refractivity contribution is -0.114. The number of ether oxygens (including phenoxy) is 1. The summed E-state index contributed by atoms with van der Waals surface area (Å²) in [6.07, 6.45) is 2.97. The summed E-state index contributed by atoms with van der Waals surface area (Å²) in [5.74, 6) is -0.124. The molecule has 0 bridgehead atoms. The van der Waals surface area contributed by atoms with Gasteiger partial charge in [-0.05, 0) is 44.4 Å². The second kappa shape index (κ2) is 6.67. The van der Waals surface area contributed by atoms with E-state index in [0.29, 0.717) is 16.8 Å². The van der Waals surface area contributed by atoms with Crippen LogP contribution >= 0.6 is 11.6 Å². The molecule has 1 aromatic rings. The lowest BCUT2D eigenvalue weighted by Gasteiger charge is -2.38. The molecule has 2 N–H and O–H groups in total. The summed E-state index contributed by atoms with van der Waals surface area (Å²) in [6.45, 7) is 6.56. The highest BCUT2D eigenvalue weighted by Crippen LogP contribution is 2.31. The third-order valence-electron chi connectivity index (χ3n) is 3.99. The molecule has 1 aliphatic rings. The lowest BCUT2D eigenvalue weighted by atomic mass is 9.90. The Kier molecular flexibility index (Phi) is 5.12. The zero-order chi connectivity index (χ0) is 15.5. The van der Waals surface area contributed by atoms with E-state index in [2.05, 4.69) is 24.5 Å². The molecule has 116 valence electrons. The van der Waals surface area contributed by atoms with E-state index >= 15 is 0 Å². The Bertz CT molecular complexity index is 521. The van der Waals surface area contributed by atoms with Gasteiger partial charge in [-0.3, -0.25) is 4.79 Å². The summed E-state index contributed by atoms with van der Waals surface area (Å²) in [7, 11) is 0. The summed E-state index contributed by atoms with van der Waals surface area (Å²) in [4.78, 5) is 11.1. The van der Waals surface area contributed by atoms with Crippen molar-refractivity contribution in [2.45, 2.75) is 51.7 Å². The first kappa shape index (κ1) is 16.1. The van der Waals surface area contributed by atoms with Crippen molar-refractivity contribution in [3.8, 4) is 0 Å². The number of nitrogens with one attached hydrogen (secondary N) is 2. The normalized spacial score (nSPS) is 25.4. The van der Waals surface area contributed by atoms with E-state index in [-0.39, 0.29) is 11.5 Å². The minimum Gasteiger partial charge on any atom is -0.382 e. The van der Waals surface area contributed by atoms with Gasteiger partial charge in [0, 0.05) is 25.3 Å². The standard InChI is InChI=1S/C16H23ClN2O2/c1-4-16(3)10-13(7-8-21-16)19-12-5-6-15(14(17)9-12)18-11(2)20/h5-6,9,13,19H,4,7-8,10H2,1-3H3,(H,18,20). The fourth-order valence-corrected chi connectivity index (χ4v) is 2.86. The molecule has 1 aliphatic heterocycles. The number of benzene rings is 1. The van der Waals surface area contributed by atoms with E-state index < -0.39 is 0 Å². The van der Waals surface area contributed by atoms with Crippen LogP contribution in [-0.4, -0.2) is 24.2 Å². The Morgan fingerprint density at radius 2 is 2.29 bits per heavy atom. The van der Waals surface area contributed by atoms with Crippen LogP contribution in [0.4, 0.5) is 11.4 Å². The van der Waals surface area contributed by atoms with Gasteiger partial charge in [0.25, 0.3) is 0 Å². The van der Waals surface area contributed by atoms with Gasteiger partial charge in [0.05, 0.1) is 16.3 Å². The van der Waals surface area contributed by atoms with Crippen molar-refractivity contribution in [1.82, 2.24) is 0 Å². The van der Waals surface area contributed by atoms with Gasteiger partial charge in [-0.2, -0.15) is 0 Å². The van der Waals surface area contributed by atoms with E-state index in [4.69, 9.17) is 16.3 Å². The summed E-state index contributed by atoms with van der Waals surface area (Å²) in [5, 5.41) is 6.76. The molecule has 0 spiro atoms. The van der Waals surface area contributed by atoms with Gasteiger partial charge in [-0.1, -0.05) is 18.5 Å². The van der Waals surface area contributed by atoms with Gasteiger partial charge in [0.15, 0.2) is 0 Å². The first-order valence-electron chi connectivity index (χ1n) is 7.39. The van der Waals surface area contributed by atoms with E-state index in [1.165, 1.54) is 6.92 Å². The molecule has 2 rings (SSSR count). The van der Waals surface area contributed by atoms with Crippen LogP contribution in [0.1, 0.15) is 40.0 Å². The topological polar surface area (TPSA) is 50.4 Å². The van der Waals surface area contributed by atoms with E-state index in [1.807, 2.05) is 18.2 Å². The van der Waals surface area contributed by atoms with E-state index in [9.17, 15) is 4.79 Å². The largest absolute Gasteiger partial charge is 0.382 e. The second-order valence-electron chi connectivity index (χ2n) is 5.86. The smallest absolute Gasteiger partial charge is 0.221 e. The predicted octanol–water partition coefficient (Wildman–Crippen LogP) is 4.06. The van der Waals surface area contributed by atoms with Gasteiger partial charge in [-0.15, -0.1) is 0 Å². The van der Waals surface area contributed by atoms with Crippen LogP contribution in [0.2, 0.25) is 5.02 Å². The second-order valence-corrected chi connectivity index (χ2v) is 6.27. The average molecular weight is 311 g/mol. The third-order valence-corrected chi connectivity index (χ3v) is 4.31. The molecule has 0 saturated carbocycles. The number of hydrogen-bond acceptors (Lipinski definition) is 3. The number of carbonyl (C=O) groups excluding carboxylic acids is 1. The molecule has 1 heterocycles. The third kappa shape index (κ3) is 4.35. The Hall–Kier alpha value is -1.26. The van der Waals surface area contributed by atoms with Crippen molar-refractivity contribution in [2.75, 3.05) is 17.2 Å². The number of anilines is 2. The van der Waals surface area contributed by atoms with Gasteiger partial charge < -0.3 is 15.4 Å². The first-order chi connectivity index (χ1) is 9.92. The van der Waals surface area contributed by atoms with Gasteiger partial charge in [-0.25, -0.2) is 0 Å². The van der Waals surface area contributed by atoms with Gasteiger partial charge in [0.1, 0.15) is 0 Å². The van der Waals surface area contributed by atoms with Crippen LogP contribution < -0.4 is 10.6 Å². The van der Waals surface area contributed by atoms with Crippen molar-refractivity contribution < 1.29 is 9.53 Å². The van der Waals surface area contributed by atoms with Crippen molar-refractivity contribution in [3.63, 3.8) is 0 Å². The van der Waals surface area contributed by atoms with Crippen molar-refractivity contribution in [2.24, 2.45) is 0 Å². The lowest BCUT2D eigenvalue weighted by Crippen LogP contribution is -2.41. The number of hydrogen-bond donors (Lipinski definition) is 2. The molecule has 1 saturated heterocycles. The monoisotopic (exact) mass is 310 g/mol. The Labute approximate surface area is 131 Å². The maximum atomic E-state index is 11.1. The first-order valence-corrected chi connectivity index (χ1v) is 7.77. The minimum absolute atomic E-state index is 0.0458. The van der Waals surface area contributed by atoms with Crippen LogP contribution in [-0.2, 0) is 9.53 Å². The summed E-state index contributed by atoms with van der Waals surface area (Å²) in [5.41, 5.74) is 1.56. The predicted molar refractivity (Wildman–Crippen MR) is 87.0 cm³/mol. The summed E-state index contributed by atoms with van der Waals surface area (Å²) in [6, 6.07) is 6.00. The fraction of sp³-hybridized carbons (Fsp3) is 0.562. The summed E-state index contributed by atoms with van der Waals surface area (Å²) >= 11 is 6.20. The molecule has 1 aromatic carbocycles. The Balaban J connectivity index is 2.03. The molecule has 1 fully saturated rings. The van der Waals surface area contributed by atoms with Crippen LogP contribution in [0.15, 0.2) is 18.2 Å². The molecule has 0 aromatic heterocycles. The molecule has 0 aliphatic carbocycles. The maximum Gasteiger partial charge on any atom is 0.221 e. The molecule has 2 atom stereocenters. The van der Waals surface area contributed by atoms with Crippen molar-refractivity contribution in [3.05, 3.63) is 23.2 Å². The molecule has 0 radical (unpaired) electrons. The van der Waals surface area contributed by atoms with E-state index in [0.717, 1.165) is 31.6 Å². The summed E-state index contributed by atoms with van der Waals surface area (Å²) < 4.78 is 5.86.